The molecule has 0 nitrogen and oxygen atoms in total. The van der Waals surface area contributed by atoms with E-state index in [4.69, 9.17) is 0 Å². The van der Waals surface area contributed by atoms with Crippen molar-refractivity contribution in [2.75, 3.05) is 0 Å². The molecule has 138 valence electrons. The Kier molecular flexibility index (Phi) is 4.46. The largest absolute Gasteiger partial charge is 0.0622 e. The van der Waals surface area contributed by atoms with Gasteiger partial charge in [-0.25, -0.2) is 0 Å². The zero-order chi connectivity index (χ0) is 19.6. The zero-order valence-corrected chi connectivity index (χ0v) is 16.5. The van der Waals surface area contributed by atoms with Gasteiger partial charge in [-0.05, 0) is 69.3 Å². The molecule has 29 heavy (non-hydrogen) atoms. The Morgan fingerprint density at radius 2 is 0.828 bits per heavy atom. The fraction of sp³-hybridized carbons (Fsp3) is 0.0345. The van der Waals surface area contributed by atoms with E-state index in [2.05, 4.69) is 122 Å². The van der Waals surface area contributed by atoms with Crippen LogP contribution in [0.1, 0.15) is 5.56 Å². The number of fused-ring (bicyclic) bond motifs is 1. The molecule has 5 aromatic rings. The van der Waals surface area contributed by atoms with Crippen LogP contribution in [0.25, 0.3) is 44.2 Å². The normalized spacial score (nSPS) is 10.9. The summed E-state index contributed by atoms with van der Waals surface area (Å²) in [6, 6.07) is 41.5. The van der Waals surface area contributed by atoms with E-state index < -0.39 is 0 Å². The molecule has 0 N–H and O–H groups in total. The minimum atomic E-state index is 1.24. The van der Waals surface area contributed by atoms with Gasteiger partial charge in [0.2, 0.25) is 0 Å². The fourth-order valence-corrected chi connectivity index (χ4v) is 3.93. The molecule has 0 fully saturated rings. The van der Waals surface area contributed by atoms with E-state index >= 15 is 0 Å². The molecule has 0 saturated carbocycles. The molecule has 5 aromatic carbocycles. The topological polar surface area (TPSA) is 0 Å². The van der Waals surface area contributed by atoms with Crippen molar-refractivity contribution in [2.24, 2.45) is 0 Å². The Morgan fingerprint density at radius 3 is 1.48 bits per heavy atom. The first-order valence-corrected chi connectivity index (χ1v) is 10.0. The van der Waals surface area contributed by atoms with Crippen molar-refractivity contribution in [2.45, 2.75) is 6.92 Å². The summed E-state index contributed by atoms with van der Waals surface area (Å²) >= 11 is 0. The van der Waals surface area contributed by atoms with E-state index in [0.717, 1.165) is 0 Å². The molecule has 0 amide bonds. The smallest absolute Gasteiger partial charge is 0.0177 e. The van der Waals surface area contributed by atoms with Gasteiger partial charge in [-0.15, -0.1) is 0 Å². The first kappa shape index (κ1) is 17.5. The second-order valence-corrected chi connectivity index (χ2v) is 7.59. The summed E-state index contributed by atoms with van der Waals surface area (Å²) in [6.07, 6.45) is 0. The summed E-state index contributed by atoms with van der Waals surface area (Å²) in [5.41, 5.74) is 8.77. The molecule has 0 aliphatic carbocycles. The summed E-state index contributed by atoms with van der Waals surface area (Å²) in [4.78, 5) is 0. The summed E-state index contributed by atoms with van der Waals surface area (Å²) in [6.45, 7) is 2.14. The Hall–Kier alpha value is -3.64. The molecular formula is C29H22. The average molecular weight is 370 g/mol. The first-order valence-electron chi connectivity index (χ1n) is 10.0. The van der Waals surface area contributed by atoms with Gasteiger partial charge in [0.1, 0.15) is 0 Å². The SMILES string of the molecule is Cc1ccc2cc(-c3cccc(-c4cccc(-c5ccccc5)c4)c3)ccc2c1. The zero-order valence-electron chi connectivity index (χ0n) is 16.5. The minimum Gasteiger partial charge on any atom is -0.0622 e. The van der Waals surface area contributed by atoms with E-state index in [1.807, 2.05) is 0 Å². The molecule has 0 saturated heterocycles. The van der Waals surface area contributed by atoms with Crippen LogP contribution >= 0.6 is 0 Å². The van der Waals surface area contributed by atoms with Crippen molar-refractivity contribution < 1.29 is 0 Å². The molecule has 0 spiro atoms. The van der Waals surface area contributed by atoms with Crippen molar-refractivity contribution >= 4 is 10.8 Å². The Labute approximate surface area is 172 Å². The van der Waals surface area contributed by atoms with Gasteiger partial charge in [-0.3, -0.25) is 0 Å². The number of benzene rings is 5. The lowest BCUT2D eigenvalue weighted by Gasteiger charge is -2.09. The summed E-state index contributed by atoms with van der Waals surface area (Å²) in [5, 5.41) is 2.57. The van der Waals surface area contributed by atoms with Crippen LogP contribution in [0.4, 0.5) is 0 Å². The van der Waals surface area contributed by atoms with Gasteiger partial charge >= 0.3 is 0 Å². The maximum absolute atomic E-state index is 2.29. The van der Waals surface area contributed by atoms with Crippen LogP contribution in [0, 0.1) is 6.92 Å². The van der Waals surface area contributed by atoms with Crippen LogP contribution in [0.3, 0.4) is 0 Å². The van der Waals surface area contributed by atoms with Crippen LogP contribution in [0.5, 0.6) is 0 Å². The molecule has 0 atom stereocenters. The molecule has 5 rings (SSSR count). The van der Waals surface area contributed by atoms with Crippen LogP contribution < -0.4 is 0 Å². The molecule has 0 heteroatoms. The number of hydrogen-bond acceptors (Lipinski definition) is 0. The Balaban J connectivity index is 1.54. The predicted molar refractivity (Wildman–Crippen MR) is 125 cm³/mol. The minimum absolute atomic E-state index is 1.24. The third-order valence-electron chi connectivity index (χ3n) is 5.49. The number of hydrogen-bond donors (Lipinski definition) is 0. The monoisotopic (exact) mass is 370 g/mol. The molecule has 0 aliphatic heterocycles. The quantitative estimate of drug-likeness (QED) is 0.300. The van der Waals surface area contributed by atoms with Crippen LogP contribution in [-0.2, 0) is 0 Å². The van der Waals surface area contributed by atoms with Gasteiger partial charge in [0.15, 0.2) is 0 Å². The van der Waals surface area contributed by atoms with E-state index in [1.165, 1.54) is 49.7 Å². The highest BCUT2D eigenvalue weighted by molar-refractivity contribution is 5.88. The van der Waals surface area contributed by atoms with E-state index in [0.29, 0.717) is 0 Å². The van der Waals surface area contributed by atoms with Gasteiger partial charge in [-0.1, -0.05) is 103 Å². The van der Waals surface area contributed by atoms with Crippen molar-refractivity contribution in [3.63, 3.8) is 0 Å². The Bertz CT molecular complexity index is 1300. The second-order valence-electron chi connectivity index (χ2n) is 7.59. The van der Waals surface area contributed by atoms with Crippen LogP contribution in [-0.4, -0.2) is 0 Å². The highest BCUT2D eigenvalue weighted by Crippen LogP contribution is 2.31. The van der Waals surface area contributed by atoms with Crippen molar-refractivity contribution in [1.82, 2.24) is 0 Å². The lowest BCUT2D eigenvalue weighted by Crippen LogP contribution is -1.84. The Morgan fingerprint density at radius 1 is 0.345 bits per heavy atom. The number of aryl methyl sites for hydroxylation is 1. The third-order valence-corrected chi connectivity index (χ3v) is 5.49. The van der Waals surface area contributed by atoms with Gasteiger partial charge in [0.25, 0.3) is 0 Å². The first-order chi connectivity index (χ1) is 14.3. The summed E-state index contributed by atoms with van der Waals surface area (Å²) in [5.74, 6) is 0. The molecule has 0 bridgehead atoms. The molecule has 0 aromatic heterocycles. The molecular weight excluding hydrogens is 348 g/mol. The van der Waals surface area contributed by atoms with Crippen molar-refractivity contribution in [3.8, 4) is 33.4 Å². The molecule has 0 unspecified atom stereocenters. The van der Waals surface area contributed by atoms with Gasteiger partial charge in [-0.2, -0.15) is 0 Å². The van der Waals surface area contributed by atoms with Crippen LogP contribution in [0.15, 0.2) is 115 Å². The van der Waals surface area contributed by atoms with Crippen LogP contribution in [0.2, 0.25) is 0 Å². The lowest BCUT2D eigenvalue weighted by atomic mass is 9.95. The van der Waals surface area contributed by atoms with E-state index in [9.17, 15) is 0 Å². The second kappa shape index (κ2) is 7.41. The van der Waals surface area contributed by atoms with Gasteiger partial charge < -0.3 is 0 Å². The summed E-state index contributed by atoms with van der Waals surface area (Å²) in [7, 11) is 0. The van der Waals surface area contributed by atoms with Gasteiger partial charge in [0, 0.05) is 0 Å². The molecule has 0 radical (unpaired) electrons. The highest BCUT2D eigenvalue weighted by atomic mass is 14.1. The molecule has 0 heterocycles. The van der Waals surface area contributed by atoms with E-state index in [-0.39, 0.29) is 0 Å². The maximum atomic E-state index is 2.29. The number of rotatable bonds is 3. The van der Waals surface area contributed by atoms with Crippen molar-refractivity contribution in [1.29, 1.82) is 0 Å². The average Bonchev–Trinajstić information content (AvgIpc) is 2.79. The van der Waals surface area contributed by atoms with E-state index in [1.54, 1.807) is 0 Å². The fourth-order valence-electron chi connectivity index (χ4n) is 3.93. The lowest BCUT2D eigenvalue weighted by molar-refractivity contribution is 1.50. The maximum Gasteiger partial charge on any atom is -0.0177 e. The predicted octanol–water partition coefficient (Wildman–Crippen LogP) is 8.15. The summed E-state index contributed by atoms with van der Waals surface area (Å²) < 4.78 is 0. The van der Waals surface area contributed by atoms with Crippen molar-refractivity contribution in [3.05, 3.63) is 121 Å². The third kappa shape index (κ3) is 3.58. The van der Waals surface area contributed by atoms with Gasteiger partial charge in [0.05, 0.1) is 0 Å². The standard InChI is InChI=1S/C29H22/c1-21-13-14-28-20-29(16-15-27(28)17-21)26-12-6-11-25(19-26)24-10-5-9-23(18-24)22-7-3-2-4-8-22/h2-20H,1H3. The highest BCUT2D eigenvalue weighted by Gasteiger charge is 2.05. The molecule has 0 aliphatic rings.